The van der Waals surface area contributed by atoms with Crippen molar-refractivity contribution in [2.45, 2.75) is 40.2 Å². The van der Waals surface area contributed by atoms with Crippen molar-refractivity contribution in [2.75, 3.05) is 18.0 Å². The van der Waals surface area contributed by atoms with Crippen LogP contribution >= 0.6 is 0 Å². The summed E-state index contributed by atoms with van der Waals surface area (Å²) in [5.41, 5.74) is 2.53. The summed E-state index contributed by atoms with van der Waals surface area (Å²) >= 11 is 0. The highest BCUT2D eigenvalue weighted by atomic mass is 16.6. The Bertz CT molecular complexity index is 403. The predicted octanol–water partition coefficient (Wildman–Crippen LogP) is 2.66. The Labute approximate surface area is 108 Å². The maximum atomic E-state index is 10.6. The van der Waals surface area contributed by atoms with Gasteiger partial charge < -0.3 is 4.90 Å². The van der Waals surface area contributed by atoms with E-state index in [9.17, 15) is 10.1 Å². The van der Waals surface area contributed by atoms with Gasteiger partial charge in [-0.2, -0.15) is 0 Å². The molecule has 0 aliphatic rings. The monoisotopic (exact) mass is 251 g/mol. The van der Waals surface area contributed by atoms with Crippen LogP contribution in [0.4, 0.5) is 5.69 Å². The Morgan fingerprint density at radius 2 is 1.83 bits per heavy atom. The van der Waals surface area contributed by atoms with E-state index in [1.165, 1.54) is 0 Å². The normalized spacial score (nSPS) is 10.4. The summed E-state index contributed by atoms with van der Waals surface area (Å²) in [7, 11) is 0. The molecule has 5 nitrogen and oxygen atoms in total. The highest BCUT2D eigenvalue weighted by Gasteiger charge is 2.10. The lowest BCUT2D eigenvalue weighted by molar-refractivity contribution is -0.497. The summed E-state index contributed by atoms with van der Waals surface area (Å²) in [5.74, 6) is 0. The lowest BCUT2D eigenvalue weighted by Gasteiger charge is -2.22. The first-order valence-electron chi connectivity index (χ1n) is 6.47. The molecule has 0 radical (unpaired) electrons. The second kappa shape index (κ2) is 6.93. The number of hydrogen-bond donors (Lipinski definition) is 0. The third kappa shape index (κ3) is 3.98. The van der Waals surface area contributed by atoms with Gasteiger partial charge in [-0.3, -0.25) is 15.1 Å². The molecule has 0 bridgehead atoms. The quantitative estimate of drug-likeness (QED) is 0.552. The number of anilines is 1. The Kier molecular flexibility index (Phi) is 5.55. The number of pyridine rings is 1. The third-order valence-electron chi connectivity index (χ3n) is 2.84. The first-order chi connectivity index (χ1) is 8.60. The highest BCUT2D eigenvalue weighted by Crippen LogP contribution is 2.18. The smallest absolute Gasteiger partial charge is 0.245 e. The van der Waals surface area contributed by atoms with Crippen LogP contribution in [0.15, 0.2) is 12.1 Å². The number of nitrogens with zero attached hydrogens (tertiary/aromatic N) is 3. The van der Waals surface area contributed by atoms with Gasteiger partial charge >= 0.3 is 0 Å². The lowest BCUT2D eigenvalue weighted by Crippen LogP contribution is -2.22. The summed E-state index contributed by atoms with van der Waals surface area (Å²) in [6.45, 7) is 7.83. The summed E-state index contributed by atoms with van der Waals surface area (Å²) in [6.07, 6.45) is 1.85. The molecule has 100 valence electrons. The van der Waals surface area contributed by atoms with E-state index in [0.717, 1.165) is 37.3 Å². The van der Waals surface area contributed by atoms with Gasteiger partial charge in [0.1, 0.15) is 5.69 Å². The molecule has 0 amide bonds. The van der Waals surface area contributed by atoms with Gasteiger partial charge in [0.25, 0.3) is 0 Å². The molecule has 1 heterocycles. The van der Waals surface area contributed by atoms with Crippen molar-refractivity contribution < 1.29 is 4.92 Å². The van der Waals surface area contributed by atoms with Gasteiger partial charge in [-0.05, 0) is 32.4 Å². The van der Waals surface area contributed by atoms with Crippen LogP contribution in [0.25, 0.3) is 0 Å². The van der Waals surface area contributed by atoms with E-state index < -0.39 is 0 Å². The van der Waals surface area contributed by atoms with Gasteiger partial charge in [0.2, 0.25) is 6.54 Å². The molecule has 18 heavy (non-hydrogen) atoms. The molecule has 5 heteroatoms. The van der Waals surface area contributed by atoms with E-state index in [-0.39, 0.29) is 11.5 Å². The van der Waals surface area contributed by atoms with E-state index in [4.69, 9.17) is 0 Å². The summed E-state index contributed by atoms with van der Waals surface area (Å²) in [4.78, 5) is 16.8. The number of nitro groups is 1. The number of aryl methyl sites for hydroxylation is 1. The first kappa shape index (κ1) is 14.4. The van der Waals surface area contributed by atoms with Crippen molar-refractivity contribution in [1.82, 2.24) is 4.98 Å². The van der Waals surface area contributed by atoms with Crippen LogP contribution in [0.2, 0.25) is 0 Å². The summed E-state index contributed by atoms with van der Waals surface area (Å²) in [6, 6.07) is 3.87. The molecule has 0 atom stereocenters. The SMILES string of the molecule is CCCc1cc(N(CC)CC)cc(C[N+](=O)[O-])n1. The van der Waals surface area contributed by atoms with Crippen LogP contribution in [0, 0.1) is 10.1 Å². The minimum absolute atomic E-state index is 0.203. The average molecular weight is 251 g/mol. The second-order valence-corrected chi connectivity index (χ2v) is 4.22. The summed E-state index contributed by atoms with van der Waals surface area (Å²) < 4.78 is 0. The minimum atomic E-state index is -0.329. The lowest BCUT2D eigenvalue weighted by atomic mass is 10.2. The van der Waals surface area contributed by atoms with Crippen molar-refractivity contribution >= 4 is 5.69 Å². The molecule has 0 aliphatic carbocycles. The van der Waals surface area contributed by atoms with Crippen molar-refractivity contribution in [3.63, 3.8) is 0 Å². The van der Waals surface area contributed by atoms with Gasteiger partial charge in [-0.1, -0.05) is 13.3 Å². The molecular weight excluding hydrogens is 230 g/mol. The van der Waals surface area contributed by atoms with Crippen LogP contribution < -0.4 is 4.90 Å². The van der Waals surface area contributed by atoms with E-state index in [2.05, 4.69) is 30.7 Å². The van der Waals surface area contributed by atoms with Crippen LogP contribution in [-0.4, -0.2) is 23.0 Å². The molecule has 1 aromatic rings. The number of hydrogen-bond acceptors (Lipinski definition) is 4. The second-order valence-electron chi connectivity index (χ2n) is 4.22. The van der Waals surface area contributed by atoms with Crippen molar-refractivity contribution in [3.05, 3.63) is 33.6 Å². The summed E-state index contributed by atoms with van der Waals surface area (Å²) in [5, 5.41) is 10.6. The molecule has 0 aromatic carbocycles. The largest absolute Gasteiger partial charge is 0.372 e. The zero-order valence-corrected chi connectivity index (χ0v) is 11.3. The van der Waals surface area contributed by atoms with E-state index >= 15 is 0 Å². The molecular formula is C13H21N3O2. The van der Waals surface area contributed by atoms with Gasteiger partial charge in [-0.25, -0.2) is 0 Å². The van der Waals surface area contributed by atoms with Crippen LogP contribution in [0.1, 0.15) is 38.6 Å². The molecule has 0 aliphatic heterocycles. The fourth-order valence-corrected chi connectivity index (χ4v) is 2.00. The topological polar surface area (TPSA) is 59.3 Å². The van der Waals surface area contributed by atoms with Crippen molar-refractivity contribution in [2.24, 2.45) is 0 Å². The van der Waals surface area contributed by atoms with E-state index in [1.807, 2.05) is 12.1 Å². The maximum Gasteiger partial charge on any atom is 0.245 e. The Morgan fingerprint density at radius 1 is 1.22 bits per heavy atom. The zero-order valence-electron chi connectivity index (χ0n) is 11.3. The number of rotatable bonds is 7. The first-order valence-corrected chi connectivity index (χ1v) is 6.47. The van der Waals surface area contributed by atoms with Crippen LogP contribution in [0.5, 0.6) is 0 Å². The molecule has 1 aromatic heterocycles. The molecule has 0 unspecified atom stereocenters. The Balaban J connectivity index is 3.07. The van der Waals surface area contributed by atoms with Crippen molar-refractivity contribution in [3.8, 4) is 0 Å². The average Bonchev–Trinajstić information content (AvgIpc) is 2.30. The fourth-order valence-electron chi connectivity index (χ4n) is 2.00. The van der Waals surface area contributed by atoms with Crippen LogP contribution in [0.3, 0.4) is 0 Å². The molecule has 1 rings (SSSR count). The number of aromatic nitrogens is 1. The molecule has 0 saturated carbocycles. The highest BCUT2D eigenvalue weighted by molar-refractivity contribution is 5.48. The fraction of sp³-hybridized carbons (Fsp3) is 0.615. The minimum Gasteiger partial charge on any atom is -0.372 e. The third-order valence-corrected chi connectivity index (χ3v) is 2.84. The van der Waals surface area contributed by atoms with Gasteiger partial charge in [0.15, 0.2) is 0 Å². The molecule has 0 saturated heterocycles. The van der Waals surface area contributed by atoms with Crippen molar-refractivity contribution in [1.29, 1.82) is 0 Å². The molecule has 0 N–H and O–H groups in total. The van der Waals surface area contributed by atoms with Gasteiger partial charge in [0.05, 0.1) is 0 Å². The van der Waals surface area contributed by atoms with Gasteiger partial charge in [0, 0.05) is 29.4 Å². The molecule has 0 fully saturated rings. The maximum absolute atomic E-state index is 10.6. The predicted molar refractivity (Wildman–Crippen MR) is 72.5 cm³/mol. The Hall–Kier alpha value is -1.65. The molecule has 0 spiro atoms. The van der Waals surface area contributed by atoms with E-state index in [1.54, 1.807) is 0 Å². The van der Waals surface area contributed by atoms with Crippen LogP contribution in [-0.2, 0) is 13.0 Å². The van der Waals surface area contributed by atoms with E-state index in [0.29, 0.717) is 5.69 Å². The van der Waals surface area contributed by atoms with Gasteiger partial charge in [-0.15, -0.1) is 0 Å². The zero-order chi connectivity index (χ0) is 13.5. The standard InChI is InChI=1S/C13H21N3O2/c1-4-7-11-8-13(15(5-2)6-3)9-12(14-11)10-16(17)18/h8-9H,4-7,10H2,1-3H3. The Morgan fingerprint density at radius 3 is 2.33 bits per heavy atom.